The Morgan fingerprint density at radius 3 is 2.45 bits per heavy atom. The highest BCUT2D eigenvalue weighted by Crippen LogP contribution is 2.29. The molecule has 0 atom stereocenters. The van der Waals surface area contributed by atoms with E-state index in [2.05, 4.69) is 18.4 Å². The molecule has 3 aromatic rings. The zero-order chi connectivity index (χ0) is 23.8. The van der Waals surface area contributed by atoms with Crippen LogP contribution in [0.2, 0.25) is 5.02 Å². The number of hydrogen-bond acceptors (Lipinski definition) is 4. The van der Waals surface area contributed by atoms with Gasteiger partial charge in [0, 0.05) is 42.7 Å². The fraction of sp³-hybridized carbons (Fsp3) is 0.440. The third-order valence-electron chi connectivity index (χ3n) is 6.73. The molecule has 1 fully saturated rings. The first-order valence-electron chi connectivity index (χ1n) is 11.4. The molecule has 1 saturated heterocycles. The zero-order valence-electron chi connectivity index (χ0n) is 19.3. The number of likely N-dealkylation sites (tertiary alicyclic amines) is 1. The lowest BCUT2D eigenvalue weighted by molar-refractivity contribution is -0.131. The molecular weight excluding hydrogens is 458 g/mol. The first kappa shape index (κ1) is 23.8. The highest BCUT2D eigenvalue weighted by Gasteiger charge is 2.28. The number of aromatic nitrogens is 2. The van der Waals surface area contributed by atoms with Crippen molar-refractivity contribution in [3.8, 4) is 0 Å². The van der Waals surface area contributed by atoms with E-state index in [1.165, 1.54) is 5.69 Å². The van der Waals surface area contributed by atoms with Gasteiger partial charge >= 0.3 is 0 Å². The van der Waals surface area contributed by atoms with Crippen molar-refractivity contribution in [2.24, 2.45) is 0 Å². The second-order valence-electron chi connectivity index (χ2n) is 8.76. The van der Waals surface area contributed by atoms with E-state index >= 15 is 0 Å². The van der Waals surface area contributed by atoms with Crippen molar-refractivity contribution in [3.63, 3.8) is 0 Å². The smallest absolute Gasteiger partial charge is 0.223 e. The molecule has 8 heteroatoms. The number of sulfone groups is 1. The van der Waals surface area contributed by atoms with E-state index in [0.717, 1.165) is 41.7 Å². The lowest BCUT2D eigenvalue weighted by Crippen LogP contribution is -2.39. The van der Waals surface area contributed by atoms with Crippen LogP contribution in [-0.4, -0.2) is 47.6 Å². The van der Waals surface area contributed by atoms with E-state index in [-0.39, 0.29) is 23.0 Å². The van der Waals surface area contributed by atoms with Crippen LogP contribution in [0.5, 0.6) is 0 Å². The Kier molecular flexibility index (Phi) is 6.82. The van der Waals surface area contributed by atoms with E-state index in [9.17, 15) is 13.2 Å². The van der Waals surface area contributed by atoms with Gasteiger partial charge in [0.15, 0.2) is 9.84 Å². The van der Waals surface area contributed by atoms with E-state index < -0.39 is 9.84 Å². The highest BCUT2D eigenvalue weighted by atomic mass is 35.5. The summed E-state index contributed by atoms with van der Waals surface area (Å²) < 4.78 is 28.0. The topological polar surface area (TPSA) is 72.3 Å². The molecule has 176 valence electrons. The number of amides is 1. The van der Waals surface area contributed by atoms with Crippen molar-refractivity contribution in [1.29, 1.82) is 0 Å². The minimum Gasteiger partial charge on any atom is -0.343 e. The van der Waals surface area contributed by atoms with Crippen LogP contribution in [0.3, 0.4) is 0 Å². The van der Waals surface area contributed by atoms with Gasteiger partial charge in [-0.1, -0.05) is 23.7 Å². The molecule has 2 aromatic carbocycles. The molecule has 1 aliphatic heterocycles. The molecule has 33 heavy (non-hydrogen) atoms. The molecule has 6 nitrogen and oxygen atoms in total. The normalized spacial score (nSPS) is 15.3. The second kappa shape index (κ2) is 9.47. The summed E-state index contributed by atoms with van der Waals surface area (Å²) >= 11 is 6.01. The highest BCUT2D eigenvalue weighted by molar-refractivity contribution is 7.91. The van der Waals surface area contributed by atoms with Crippen LogP contribution in [0, 0.1) is 13.8 Å². The van der Waals surface area contributed by atoms with Crippen LogP contribution in [0.15, 0.2) is 41.3 Å². The van der Waals surface area contributed by atoms with Crippen molar-refractivity contribution < 1.29 is 13.2 Å². The first-order chi connectivity index (χ1) is 15.7. The third-order valence-corrected chi connectivity index (χ3v) is 8.68. The fourth-order valence-electron chi connectivity index (χ4n) is 4.66. The number of hydrogen-bond donors (Lipinski definition) is 0. The lowest BCUT2D eigenvalue weighted by Gasteiger charge is -2.32. The predicted molar refractivity (Wildman–Crippen MR) is 132 cm³/mol. The summed E-state index contributed by atoms with van der Waals surface area (Å²) in [5, 5.41) is 2.30. The number of rotatable bonds is 6. The van der Waals surface area contributed by atoms with Crippen LogP contribution in [-0.2, 0) is 21.2 Å². The lowest BCUT2D eigenvalue weighted by atomic mass is 9.95. The number of aryl methyl sites for hydroxylation is 1. The Morgan fingerprint density at radius 2 is 1.76 bits per heavy atom. The quantitative estimate of drug-likeness (QED) is 0.496. The van der Waals surface area contributed by atoms with Gasteiger partial charge in [-0.25, -0.2) is 13.4 Å². The molecule has 1 amide bonds. The summed E-state index contributed by atoms with van der Waals surface area (Å²) in [4.78, 5) is 19.6. The van der Waals surface area contributed by atoms with E-state index in [0.29, 0.717) is 24.0 Å². The molecule has 4 rings (SSSR count). The maximum atomic E-state index is 12.9. The minimum absolute atomic E-state index is 0.00649. The Hall–Kier alpha value is -2.38. The molecule has 0 unspecified atom stereocenters. The number of fused-ring (bicyclic) bond motifs is 1. The molecule has 0 bridgehead atoms. The predicted octanol–water partition coefficient (Wildman–Crippen LogP) is 4.90. The average molecular weight is 488 g/mol. The Labute approximate surface area is 200 Å². The number of benzene rings is 2. The summed E-state index contributed by atoms with van der Waals surface area (Å²) in [6.07, 6.45) is 1.69. The molecule has 2 heterocycles. The summed E-state index contributed by atoms with van der Waals surface area (Å²) in [6, 6.07) is 10.3. The first-order valence-corrected chi connectivity index (χ1v) is 13.5. The van der Waals surface area contributed by atoms with Crippen molar-refractivity contribution in [2.75, 3.05) is 18.8 Å². The van der Waals surface area contributed by atoms with Gasteiger partial charge in [-0.2, -0.15) is 0 Å². The SMILES string of the molecule is CCn1c(C2CCN(C(=O)CCS(=O)(=O)c3ccc4cc(Cl)ccc4c3)CC2)nc(C)c1C. The monoisotopic (exact) mass is 487 g/mol. The van der Waals surface area contributed by atoms with Gasteiger partial charge in [-0.3, -0.25) is 4.79 Å². The van der Waals surface area contributed by atoms with Gasteiger partial charge in [0.25, 0.3) is 0 Å². The van der Waals surface area contributed by atoms with Gasteiger partial charge in [0.1, 0.15) is 5.82 Å². The third kappa shape index (κ3) is 4.94. The van der Waals surface area contributed by atoms with Gasteiger partial charge in [0.05, 0.1) is 16.3 Å². The van der Waals surface area contributed by atoms with Gasteiger partial charge in [-0.05, 0) is 68.7 Å². The van der Waals surface area contributed by atoms with E-state index in [1.54, 1.807) is 41.3 Å². The molecule has 1 aromatic heterocycles. The van der Waals surface area contributed by atoms with Crippen LogP contribution < -0.4 is 0 Å². The number of halogens is 1. The van der Waals surface area contributed by atoms with Crippen LogP contribution in [0.4, 0.5) is 0 Å². The van der Waals surface area contributed by atoms with Crippen LogP contribution in [0.1, 0.15) is 49.3 Å². The van der Waals surface area contributed by atoms with Gasteiger partial charge < -0.3 is 9.47 Å². The number of carbonyl (C=O) groups is 1. The van der Waals surface area contributed by atoms with Crippen LogP contribution >= 0.6 is 11.6 Å². The molecule has 0 saturated carbocycles. The summed E-state index contributed by atoms with van der Waals surface area (Å²) in [5.74, 6) is 1.15. The number of carbonyl (C=O) groups excluding carboxylic acids is 1. The molecule has 0 N–H and O–H groups in total. The maximum Gasteiger partial charge on any atom is 0.223 e. The van der Waals surface area contributed by atoms with Crippen molar-refractivity contribution in [2.45, 2.75) is 57.4 Å². The Bertz CT molecular complexity index is 1290. The van der Waals surface area contributed by atoms with Crippen molar-refractivity contribution >= 4 is 38.1 Å². The number of imidazole rings is 1. The number of nitrogens with zero attached hydrogens (tertiary/aromatic N) is 3. The fourth-order valence-corrected chi connectivity index (χ4v) is 6.11. The molecule has 1 aliphatic rings. The van der Waals surface area contributed by atoms with Gasteiger partial charge in [-0.15, -0.1) is 0 Å². The Morgan fingerprint density at radius 1 is 1.09 bits per heavy atom. The van der Waals surface area contributed by atoms with Crippen molar-refractivity contribution in [1.82, 2.24) is 14.5 Å². The van der Waals surface area contributed by atoms with Crippen LogP contribution in [0.25, 0.3) is 10.8 Å². The summed E-state index contributed by atoms with van der Waals surface area (Å²) in [7, 11) is -3.55. The standard InChI is InChI=1S/C25H30ClN3O3S/c1-4-29-18(3)17(2)27-25(29)19-9-12-28(13-10-19)24(30)11-14-33(31,32)23-8-6-20-15-22(26)7-5-21(20)16-23/h5-8,15-16,19H,4,9-14H2,1-3H3. The zero-order valence-corrected chi connectivity index (χ0v) is 20.9. The largest absolute Gasteiger partial charge is 0.343 e. The molecule has 0 aliphatic carbocycles. The van der Waals surface area contributed by atoms with E-state index in [1.807, 2.05) is 6.92 Å². The number of piperidine rings is 1. The van der Waals surface area contributed by atoms with Crippen molar-refractivity contribution in [3.05, 3.63) is 58.6 Å². The summed E-state index contributed by atoms with van der Waals surface area (Å²) in [5.41, 5.74) is 2.26. The molecular formula is C25H30ClN3O3S. The molecule has 0 radical (unpaired) electrons. The second-order valence-corrected chi connectivity index (χ2v) is 11.3. The summed E-state index contributed by atoms with van der Waals surface area (Å²) in [6.45, 7) is 8.42. The average Bonchev–Trinajstić information content (AvgIpc) is 3.10. The maximum absolute atomic E-state index is 12.9. The molecule has 0 spiro atoms. The minimum atomic E-state index is -3.55. The van der Waals surface area contributed by atoms with E-state index in [4.69, 9.17) is 16.6 Å². The van der Waals surface area contributed by atoms with Gasteiger partial charge in [0.2, 0.25) is 5.91 Å². The Balaban J connectivity index is 1.36.